The van der Waals surface area contributed by atoms with E-state index in [1.807, 2.05) is 66.7 Å². The molecule has 0 saturated carbocycles. The van der Waals surface area contributed by atoms with Crippen molar-refractivity contribution in [1.82, 2.24) is 4.40 Å². The standard InChI is InChI=1S/C27H15NO2S/c29-26-16-8-2-4-10-20(16)28-21-11-5-3-9-17(21)27(30)24-18-13-15-7-1-6-12-22(15)31-23(18)14-19(26)25(24)28/h1-12,14H,13H2. The predicted molar refractivity (Wildman–Crippen MR) is 127 cm³/mol. The van der Waals surface area contributed by atoms with E-state index in [2.05, 4.69) is 16.5 Å². The van der Waals surface area contributed by atoms with E-state index in [9.17, 15) is 9.59 Å². The van der Waals surface area contributed by atoms with E-state index in [0.29, 0.717) is 28.0 Å². The summed E-state index contributed by atoms with van der Waals surface area (Å²) >= 11 is 1.65. The maximum absolute atomic E-state index is 13.8. The fourth-order valence-electron chi connectivity index (χ4n) is 5.03. The summed E-state index contributed by atoms with van der Waals surface area (Å²) in [5.74, 6) is 0. The van der Waals surface area contributed by atoms with Crippen molar-refractivity contribution < 1.29 is 0 Å². The summed E-state index contributed by atoms with van der Waals surface area (Å²) < 4.78 is 2.11. The number of pyridine rings is 2. The Hall–Kier alpha value is -3.63. The van der Waals surface area contributed by atoms with Crippen LogP contribution in [-0.4, -0.2) is 4.40 Å². The molecule has 7 rings (SSSR count). The molecule has 0 atom stereocenters. The van der Waals surface area contributed by atoms with Crippen LogP contribution in [0.1, 0.15) is 11.1 Å². The molecule has 4 heteroatoms. The first kappa shape index (κ1) is 17.1. The third-order valence-electron chi connectivity index (χ3n) is 6.40. The highest BCUT2D eigenvalue weighted by Gasteiger charge is 2.25. The van der Waals surface area contributed by atoms with Crippen molar-refractivity contribution in [2.75, 3.05) is 0 Å². The Bertz CT molecular complexity index is 1820. The van der Waals surface area contributed by atoms with Crippen molar-refractivity contribution in [1.29, 1.82) is 0 Å². The highest BCUT2D eigenvalue weighted by atomic mass is 32.2. The van der Waals surface area contributed by atoms with Crippen molar-refractivity contribution in [3.63, 3.8) is 0 Å². The Morgan fingerprint density at radius 2 is 1.32 bits per heavy atom. The topological polar surface area (TPSA) is 38.5 Å². The summed E-state index contributed by atoms with van der Waals surface area (Å²) in [6, 6.07) is 25.7. The minimum atomic E-state index is -0.0162. The fraction of sp³-hybridized carbons (Fsp3) is 0.0370. The van der Waals surface area contributed by atoms with Gasteiger partial charge < -0.3 is 4.40 Å². The number of para-hydroxylation sites is 2. The van der Waals surface area contributed by atoms with Gasteiger partial charge in [-0.1, -0.05) is 54.2 Å². The first-order valence-corrected chi connectivity index (χ1v) is 11.1. The Morgan fingerprint density at radius 1 is 0.677 bits per heavy atom. The van der Waals surface area contributed by atoms with Gasteiger partial charge in [0.15, 0.2) is 10.9 Å². The van der Waals surface area contributed by atoms with Crippen LogP contribution in [0.15, 0.2) is 98.2 Å². The van der Waals surface area contributed by atoms with Gasteiger partial charge in [-0.3, -0.25) is 9.59 Å². The van der Waals surface area contributed by atoms with Gasteiger partial charge in [-0.15, -0.1) is 0 Å². The van der Waals surface area contributed by atoms with E-state index < -0.39 is 0 Å². The zero-order valence-corrected chi connectivity index (χ0v) is 17.2. The fourth-order valence-corrected chi connectivity index (χ4v) is 6.16. The minimum absolute atomic E-state index is 0.00659. The largest absolute Gasteiger partial charge is 0.307 e. The zero-order chi connectivity index (χ0) is 20.7. The summed E-state index contributed by atoms with van der Waals surface area (Å²) in [6.45, 7) is 0. The molecule has 0 bridgehead atoms. The van der Waals surface area contributed by atoms with E-state index in [1.54, 1.807) is 11.8 Å². The number of nitrogens with zero attached hydrogens (tertiary/aromatic N) is 1. The van der Waals surface area contributed by atoms with Crippen LogP contribution < -0.4 is 10.9 Å². The van der Waals surface area contributed by atoms with Crippen molar-refractivity contribution in [3.05, 3.63) is 110 Å². The maximum atomic E-state index is 13.8. The molecule has 3 nitrogen and oxygen atoms in total. The van der Waals surface area contributed by atoms with Crippen LogP contribution in [-0.2, 0) is 6.42 Å². The number of fused-ring (bicyclic) bond motifs is 7. The Kier molecular flexibility index (Phi) is 3.29. The van der Waals surface area contributed by atoms with Gasteiger partial charge in [0.1, 0.15) is 0 Å². The molecule has 1 aliphatic rings. The van der Waals surface area contributed by atoms with E-state index in [-0.39, 0.29) is 10.9 Å². The molecule has 0 amide bonds. The second-order valence-corrected chi connectivity index (χ2v) is 9.12. The molecule has 0 spiro atoms. The molecule has 3 heterocycles. The molecule has 6 aromatic rings. The number of aromatic nitrogens is 1. The molecule has 0 unspecified atom stereocenters. The lowest BCUT2D eigenvalue weighted by Crippen LogP contribution is -2.17. The van der Waals surface area contributed by atoms with Gasteiger partial charge in [0.2, 0.25) is 0 Å². The Morgan fingerprint density at radius 3 is 2.10 bits per heavy atom. The Balaban J connectivity index is 1.82. The number of benzene rings is 4. The third-order valence-corrected chi connectivity index (χ3v) is 7.60. The monoisotopic (exact) mass is 417 g/mol. The molecule has 0 aliphatic carbocycles. The maximum Gasteiger partial charge on any atom is 0.197 e. The van der Waals surface area contributed by atoms with Crippen LogP contribution in [0.5, 0.6) is 0 Å². The first-order chi connectivity index (χ1) is 15.2. The lowest BCUT2D eigenvalue weighted by Gasteiger charge is -2.23. The quantitative estimate of drug-likeness (QED) is 0.238. The van der Waals surface area contributed by atoms with E-state index >= 15 is 0 Å². The number of hydrogen-bond donors (Lipinski definition) is 0. The molecule has 146 valence electrons. The SMILES string of the molecule is O=c1c2ccccc2n2c3ccccc3c(=O)c3c4c(cc1c32)Sc1ccccc1C4. The second-order valence-electron chi connectivity index (χ2n) is 8.04. The van der Waals surface area contributed by atoms with Crippen LogP contribution in [0.25, 0.3) is 38.1 Å². The van der Waals surface area contributed by atoms with Gasteiger partial charge in [0.25, 0.3) is 0 Å². The van der Waals surface area contributed by atoms with Crippen molar-refractivity contribution >= 4 is 49.9 Å². The van der Waals surface area contributed by atoms with Gasteiger partial charge >= 0.3 is 0 Å². The van der Waals surface area contributed by atoms with E-state index in [0.717, 1.165) is 27.0 Å². The van der Waals surface area contributed by atoms with E-state index in [1.165, 1.54) is 10.5 Å². The van der Waals surface area contributed by atoms with Gasteiger partial charge in [-0.2, -0.15) is 0 Å². The lowest BCUT2D eigenvalue weighted by molar-refractivity contribution is 1.07. The van der Waals surface area contributed by atoms with Gasteiger partial charge in [-0.05, 0) is 47.5 Å². The second kappa shape index (κ2) is 5.96. The lowest BCUT2D eigenvalue weighted by atomic mass is 9.95. The molecular weight excluding hydrogens is 402 g/mol. The first-order valence-electron chi connectivity index (χ1n) is 10.3. The highest BCUT2D eigenvalue weighted by molar-refractivity contribution is 7.99. The van der Waals surface area contributed by atoms with Gasteiger partial charge in [0, 0.05) is 32.4 Å². The molecule has 0 N–H and O–H groups in total. The third kappa shape index (κ3) is 2.15. The molecule has 31 heavy (non-hydrogen) atoms. The van der Waals surface area contributed by atoms with Gasteiger partial charge in [-0.25, -0.2) is 0 Å². The number of rotatable bonds is 0. The molecule has 1 aliphatic heterocycles. The van der Waals surface area contributed by atoms with Crippen LogP contribution in [0.2, 0.25) is 0 Å². The molecule has 0 saturated heterocycles. The summed E-state index contributed by atoms with van der Waals surface area (Å²) in [5, 5.41) is 2.65. The smallest absolute Gasteiger partial charge is 0.197 e. The predicted octanol–water partition coefficient (Wildman–Crippen LogP) is 5.61. The highest BCUT2D eigenvalue weighted by Crippen LogP contribution is 2.43. The molecule has 4 aromatic carbocycles. The average molecular weight is 417 g/mol. The Labute approximate surface area is 180 Å². The zero-order valence-electron chi connectivity index (χ0n) is 16.4. The molecule has 0 fully saturated rings. The van der Waals surface area contributed by atoms with E-state index in [4.69, 9.17) is 0 Å². The summed E-state index contributed by atoms with van der Waals surface area (Å²) in [4.78, 5) is 29.5. The van der Waals surface area contributed by atoms with Gasteiger partial charge in [0.05, 0.1) is 21.9 Å². The van der Waals surface area contributed by atoms with Crippen LogP contribution in [0, 0.1) is 0 Å². The molecule has 0 radical (unpaired) electrons. The minimum Gasteiger partial charge on any atom is -0.307 e. The van der Waals surface area contributed by atoms with Crippen molar-refractivity contribution in [3.8, 4) is 0 Å². The van der Waals surface area contributed by atoms with Crippen LogP contribution >= 0.6 is 11.8 Å². The van der Waals surface area contributed by atoms with Crippen molar-refractivity contribution in [2.45, 2.75) is 16.2 Å². The summed E-state index contributed by atoms with van der Waals surface area (Å²) in [5.41, 5.74) is 4.65. The van der Waals surface area contributed by atoms with Crippen LogP contribution in [0.3, 0.4) is 0 Å². The average Bonchev–Trinajstić information content (AvgIpc) is 2.82. The van der Waals surface area contributed by atoms with Crippen LogP contribution in [0.4, 0.5) is 0 Å². The molecule has 2 aromatic heterocycles. The summed E-state index contributed by atoms with van der Waals surface area (Å²) in [6.07, 6.45) is 0.693. The summed E-state index contributed by atoms with van der Waals surface area (Å²) in [7, 11) is 0. The normalized spacial score (nSPS) is 13.2. The molecular formula is C27H15NO2S. The number of hydrogen-bond acceptors (Lipinski definition) is 3. The van der Waals surface area contributed by atoms with Crippen molar-refractivity contribution in [2.24, 2.45) is 0 Å².